The zero-order valence-corrected chi connectivity index (χ0v) is 35.4. The summed E-state index contributed by atoms with van der Waals surface area (Å²) in [6.45, 7) is 0.277. The van der Waals surface area contributed by atoms with E-state index >= 15 is 0 Å². The maximum Gasteiger partial charge on any atom is 0.326 e. The molecule has 0 aliphatic heterocycles. The number of carbonyl (C=O) groups excluding carboxylic acids is 6. The third-order valence-corrected chi connectivity index (χ3v) is 9.82. The second-order valence-electron chi connectivity index (χ2n) is 15.0. The Morgan fingerprint density at radius 2 is 0.937 bits per heavy atom. The number of nitrogens with two attached hydrogens (primary N) is 4. The molecule has 0 bridgehead atoms. The van der Waals surface area contributed by atoms with Gasteiger partial charge in [-0.15, -0.1) is 0 Å². The van der Waals surface area contributed by atoms with E-state index in [1.54, 1.807) is 30.3 Å². The largest absolute Gasteiger partial charge is 0.508 e. The number of aromatic hydroxyl groups is 1. The van der Waals surface area contributed by atoms with Gasteiger partial charge in [-0.25, -0.2) is 4.79 Å². The van der Waals surface area contributed by atoms with Crippen LogP contribution in [0.1, 0.15) is 75.3 Å². The fraction of sp³-hybridized carbons (Fsp3) is 0.524. The lowest BCUT2D eigenvalue weighted by atomic mass is 10.0. The summed E-state index contributed by atoms with van der Waals surface area (Å²) in [5.41, 5.74) is 23.7. The summed E-state index contributed by atoms with van der Waals surface area (Å²) in [4.78, 5) is 104. The van der Waals surface area contributed by atoms with Gasteiger partial charge in [-0.1, -0.05) is 42.5 Å². The minimum absolute atomic E-state index is 0.0391. The smallest absolute Gasteiger partial charge is 0.326 e. The van der Waals surface area contributed by atoms with Crippen LogP contribution in [0.5, 0.6) is 5.75 Å². The minimum Gasteiger partial charge on any atom is -0.508 e. The molecular formula is C42H64N10O11. The van der Waals surface area contributed by atoms with Crippen LogP contribution in [0.15, 0.2) is 54.6 Å². The quantitative estimate of drug-likeness (QED) is 0.0364. The number of phenolic OH excluding ortho intramolecular Hbond substituents is 1. The van der Waals surface area contributed by atoms with Gasteiger partial charge in [-0.3, -0.25) is 33.6 Å². The van der Waals surface area contributed by atoms with Crippen molar-refractivity contribution in [3.05, 3.63) is 65.7 Å². The van der Waals surface area contributed by atoms with E-state index in [1.807, 2.05) is 0 Å². The molecule has 0 aromatic heterocycles. The monoisotopic (exact) mass is 884 g/mol. The van der Waals surface area contributed by atoms with Gasteiger partial charge in [0.1, 0.15) is 36.0 Å². The number of amides is 6. The van der Waals surface area contributed by atoms with Crippen molar-refractivity contribution < 1.29 is 53.7 Å². The van der Waals surface area contributed by atoms with Gasteiger partial charge in [0.15, 0.2) is 0 Å². The lowest BCUT2D eigenvalue weighted by Gasteiger charge is -2.25. The van der Waals surface area contributed by atoms with Gasteiger partial charge in [0.05, 0.1) is 19.0 Å². The number of carbonyl (C=O) groups is 8. The van der Waals surface area contributed by atoms with Crippen LogP contribution in [0, 0.1) is 0 Å². The molecule has 2 aromatic rings. The Kier molecular flexibility index (Phi) is 24.6. The molecule has 0 fully saturated rings. The van der Waals surface area contributed by atoms with Crippen LogP contribution in [0.4, 0.5) is 0 Å². The standard InChI is InChI=1S/C42H64N10O11/c43-19-7-4-12-30(50-39(59)31(13-5-8-20-44)49-37(57)29(46)24-36(55)56)38(58)47-25-35(54)48-33(22-26-10-2-1-3-11-26)40(60)52-34(23-27-15-17-28(53)18-16-27)41(61)51-32(42(62)63)14-6-9-21-45/h1-3,10-11,15-18,29-34,53H,4-9,12-14,19-25,43-46H2,(H,47,58)(H,48,54)(H,49,57)(H,50,59)(H,51,61)(H,52,60)(H,55,56)(H,62,63). The first kappa shape index (κ1) is 53.0. The van der Waals surface area contributed by atoms with Gasteiger partial charge >= 0.3 is 11.9 Å². The number of hydrogen-bond acceptors (Lipinski definition) is 13. The Morgan fingerprint density at radius 1 is 0.508 bits per heavy atom. The molecule has 0 saturated heterocycles. The normalized spacial score (nSPS) is 13.8. The van der Waals surface area contributed by atoms with E-state index in [9.17, 15) is 48.6 Å². The van der Waals surface area contributed by atoms with Crippen molar-refractivity contribution in [3.63, 3.8) is 0 Å². The Bertz CT molecular complexity index is 1790. The van der Waals surface area contributed by atoms with Gasteiger partial charge in [0, 0.05) is 12.8 Å². The van der Waals surface area contributed by atoms with Crippen molar-refractivity contribution in [2.75, 3.05) is 26.2 Å². The number of carboxylic acid groups (broad SMARTS) is 2. The third kappa shape index (κ3) is 21.0. The lowest BCUT2D eigenvalue weighted by Crippen LogP contribution is -2.58. The summed E-state index contributed by atoms with van der Waals surface area (Å²) in [6.07, 6.45) is 2.20. The average molecular weight is 885 g/mol. The molecule has 0 radical (unpaired) electrons. The molecule has 21 heteroatoms. The summed E-state index contributed by atoms with van der Waals surface area (Å²) in [5.74, 6) is -7.44. The Hall–Kier alpha value is -6.16. The number of benzene rings is 2. The van der Waals surface area contributed by atoms with E-state index in [0.29, 0.717) is 69.3 Å². The van der Waals surface area contributed by atoms with Crippen LogP contribution in [0.25, 0.3) is 0 Å². The van der Waals surface area contributed by atoms with Crippen molar-refractivity contribution in [2.45, 2.75) is 113 Å². The Balaban J connectivity index is 2.30. The zero-order valence-electron chi connectivity index (χ0n) is 35.4. The van der Waals surface area contributed by atoms with Crippen molar-refractivity contribution in [3.8, 4) is 5.75 Å². The highest BCUT2D eigenvalue weighted by molar-refractivity contribution is 5.96. The number of carboxylic acids is 2. The SMILES string of the molecule is NCCCCC(NC(=O)C(Cc1ccc(O)cc1)NC(=O)C(Cc1ccccc1)NC(=O)CNC(=O)C(CCCCN)NC(=O)C(CCCCN)NC(=O)C(N)CC(=O)O)C(=O)O. The van der Waals surface area contributed by atoms with Crippen molar-refractivity contribution in [1.29, 1.82) is 0 Å². The summed E-state index contributed by atoms with van der Waals surface area (Å²) >= 11 is 0. The highest BCUT2D eigenvalue weighted by atomic mass is 16.4. The van der Waals surface area contributed by atoms with E-state index in [2.05, 4.69) is 31.9 Å². The zero-order chi connectivity index (χ0) is 46.7. The molecule has 0 aliphatic carbocycles. The fourth-order valence-electron chi connectivity index (χ4n) is 6.32. The summed E-state index contributed by atoms with van der Waals surface area (Å²) < 4.78 is 0. The average Bonchev–Trinajstić information content (AvgIpc) is 3.24. The Labute approximate surface area is 366 Å². The van der Waals surface area contributed by atoms with Crippen LogP contribution < -0.4 is 54.8 Å². The first-order valence-corrected chi connectivity index (χ1v) is 21.0. The predicted molar refractivity (Wildman–Crippen MR) is 231 cm³/mol. The van der Waals surface area contributed by atoms with Crippen molar-refractivity contribution in [2.24, 2.45) is 22.9 Å². The molecule has 6 unspecified atom stereocenters. The minimum atomic E-state index is -1.44. The maximum atomic E-state index is 14.0. The van der Waals surface area contributed by atoms with Gasteiger partial charge in [0.25, 0.3) is 0 Å². The highest BCUT2D eigenvalue weighted by Crippen LogP contribution is 2.13. The maximum absolute atomic E-state index is 14.0. The van der Waals surface area contributed by atoms with Gasteiger partial charge < -0.3 is 70.2 Å². The predicted octanol–water partition coefficient (Wildman–Crippen LogP) is -2.01. The Morgan fingerprint density at radius 3 is 1.44 bits per heavy atom. The molecule has 17 N–H and O–H groups in total. The topological polar surface area (TPSA) is 374 Å². The first-order valence-electron chi connectivity index (χ1n) is 21.0. The molecule has 2 aromatic carbocycles. The molecule has 6 atom stereocenters. The van der Waals surface area contributed by atoms with Crippen LogP contribution in [-0.2, 0) is 51.2 Å². The number of phenols is 1. The van der Waals surface area contributed by atoms with Gasteiger partial charge in [-0.05, 0) is 101 Å². The molecule has 0 aliphatic rings. The molecule has 21 nitrogen and oxygen atoms in total. The molecule has 348 valence electrons. The van der Waals surface area contributed by atoms with E-state index < -0.39 is 96.6 Å². The molecule has 0 heterocycles. The van der Waals surface area contributed by atoms with Crippen LogP contribution >= 0.6 is 0 Å². The van der Waals surface area contributed by atoms with E-state index in [1.165, 1.54) is 24.3 Å². The number of rotatable bonds is 31. The van der Waals surface area contributed by atoms with Crippen molar-refractivity contribution >= 4 is 47.4 Å². The third-order valence-electron chi connectivity index (χ3n) is 9.82. The number of nitrogens with one attached hydrogen (secondary N) is 6. The summed E-state index contributed by atoms with van der Waals surface area (Å²) in [5, 5.41) is 43.9. The number of hydrogen-bond donors (Lipinski definition) is 13. The molecule has 63 heavy (non-hydrogen) atoms. The molecule has 0 saturated carbocycles. The summed E-state index contributed by atoms with van der Waals surface area (Å²) in [6, 6.07) is 6.73. The molecule has 2 rings (SSSR count). The molecular weight excluding hydrogens is 821 g/mol. The number of unbranched alkanes of at least 4 members (excludes halogenated alkanes) is 3. The van der Waals surface area contributed by atoms with E-state index in [0.717, 1.165) is 0 Å². The van der Waals surface area contributed by atoms with Crippen LogP contribution in [0.2, 0.25) is 0 Å². The second kappa shape index (κ2) is 29.2. The second-order valence-corrected chi connectivity index (χ2v) is 15.0. The van der Waals surface area contributed by atoms with Crippen LogP contribution in [0.3, 0.4) is 0 Å². The van der Waals surface area contributed by atoms with Gasteiger partial charge in [0.2, 0.25) is 35.4 Å². The number of aliphatic carboxylic acids is 2. The van der Waals surface area contributed by atoms with Crippen LogP contribution in [-0.4, -0.2) is 125 Å². The van der Waals surface area contributed by atoms with Crippen molar-refractivity contribution in [1.82, 2.24) is 31.9 Å². The highest BCUT2D eigenvalue weighted by Gasteiger charge is 2.32. The van der Waals surface area contributed by atoms with Gasteiger partial charge in [-0.2, -0.15) is 0 Å². The fourth-order valence-corrected chi connectivity index (χ4v) is 6.32. The lowest BCUT2D eigenvalue weighted by molar-refractivity contribution is -0.142. The molecule has 6 amide bonds. The van der Waals surface area contributed by atoms with E-state index in [-0.39, 0.29) is 37.9 Å². The molecule has 0 spiro atoms. The summed E-state index contributed by atoms with van der Waals surface area (Å²) in [7, 11) is 0. The first-order chi connectivity index (χ1) is 30.1. The van der Waals surface area contributed by atoms with E-state index in [4.69, 9.17) is 28.0 Å².